The summed E-state index contributed by atoms with van der Waals surface area (Å²) < 4.78 is 1.78. The summed E-state index contributed by atoms with van der Waals surface area (Å²) in [5, 5.41) is 10.2. The smallest absolute Gasteiger partial charge is 0.225 e. The van der Waals surface area contributed by atoms with E-state index in [1.165, 1.54) is 11.3 Å². The van der Waals surface area contributed by atoms with Gasteiger partial charge in [-0.15, -0.1) is 11.3 Å². The highest BCUT2D eigenvalue weighted by Crippen LogP contribution is 2.20. The molecule has 7 heteroatoms. The first-order chi connectivity index (χ1) is 9.60. The molecule has 0 aromatic carbocycles. The SMILES string of the molecule is CCN(C(C)=O)c1nc(CNCc2cnn(C)c2)cs1. The Bertz CT molecular complexity index is 577. The lowest BCUT2D eigenvalue weighted by Crippen LogP contribution is -2.27. The molecule has 0 saturated heterocycles. The normalized spacial score (nSPS) is 10.8. The molecular formula is C13H19N5OS. The Balaban J connectivity index is 1.88. The van der Waals surface area contributed by atoms with E-state index in [2.05, 4.69) is 15.4 Å². The van der Waals surface area contributed by atoms with Crippen LogP contribution in [0.3, 0.4) is 0 Å². The number of hydrogen-bond acceptors (Lipinski definition) is 5. The van der Waals surface area contributed by atoms with Crippen molar-refractivity contribution in [3.63, 3.8) is 0 Å². The maximum atomic E-state index is 11.5. The topological polar surface area (TPSA) is 63.1 Å². The van der Waals surface area contributed by atoms with E-state index in [9.17, 15) is 4.79 Å². The standard InChI is InChI=1S/C13H19N5OS/c1-4-18(10(2)19)13-16-12(9-20-13)7-14-5-11-6-15-17(3)8-11/h6,8-9,14H,4-5,7H2,1-3H3. The minimum Gasteiger partial charge on any atom is -0.307 e. The van der Waals surface area contributed by atoms with Crippen molar-refractivity contribution < 1.29 is 4.79 Å². The second kappa shape index (κ2) is 6.62. The maximum absolute atomic E-state index is 11.5. The van der Waals surface area contributed by atoms with Crippen LogP contribution in [0, 0.1) is 0 Å². The van der Waals surface area contributed by atoms with E-state index in [0.717, 1.165) is 22.9 Å². The summed E-state index contributed by atoms with van der Waals surface area (Å²) in [5.74, 6) is 0.0247. The highest BCUT2D eigenvalue weighted by molar-refractivity contribution is 7.14. The van der Waals surface area contributed by atoms with Crippen molar-refractivity contribution in [2.24, 2.45) is 7.05 Å². The van der Waals surface area contributed by atoms with Crippen molar-refractivity contribution in [1.29, 1.82) is 0 Å². The van der Waals surface area contributed by atoms with Gasteiger partial charge in [-0.05, 0) is 6.92 Å². The minimum atomic E-state index is 0.0247. The molecule has 0 fully saturated rings. The van der Waals surface area contributed by atoms with E-state index in [1.807, 2.05) is 31.7 Å². The summed E-state index contributed by atoms with van der Waals surface area (Å²) in [5.41, 5.74) is 2.09. The van der Waals surface area contributed by atoms with E-state index >= 15 is 0 Å². The summed E-state index contributed by atoms with van der Waals surface area (Å²) >= 11 is 1.50. The molecule has 0 bridgehead atoms. The van der Waals surface area contributed by atoms with Crippen LogP contribution < -0.4 is 10.2 Å². The monoisotopic (exact) mass is 293 g/mol. The van der Waals surface area contributed by atoms with Crippen LogP contribution in [-0.2, 0) is 24.9 Å². The first-order valence-corrected chi connectivity index (χ1v) is 7.39. The number of amides is 1. The third-order valence-corrected chi connectivity index (χ3v) is 3.77. The number of thiazole rings is 1. The van der Waals surface area contributed by atoms with Crippen molar-refractivity contribution in [2.75, 3.05) is 11.4 Å². The minimum absolute atomic E-state index is 0.0247. The molecule has 2 aromatic rings. The van der Waals surface area contributed by atoms with Gasteiger partial charge in [0.2, 0.25) is 5.91 Å². The molecule has 1 amide bonds. The zero-order valence-electron chi connectivity index (χ0n) is 12.0. The zero-order chi connectivity index (χ0) is 14.5. The Morgan fingerprint density at radius 2 is 2.30 bits per heavy atom. The van der Waals surface area contributed by atoms with Gasteiger partial charge in [-0.1, -0.05) is 0 Å². The summed E-state index contributed by atoms with van der Waals surface area (Å²) in [6, 6.07) is 0. The molecule has 0 atom stereocenters. The molecule has 1 N–H and O–H groups in total. The van der Waals surface area contributed by atoms with Crippen molar-refractivity contribution in [3.05, 3.63) is 29.0 Å². The number of nitrogens with zero attached hydrogens (tertiary/aromatic N) is 4. The van der Waals surface area contributed by atoms with Gasteiger partial charge in [0.1, 0.15) is 0 Å². The highest BCUT2D eigenvalue weighted by atomic mass is 32.1. The Morgan fingerprint density at radius 1 is 1.50 bits per heavy atom. The Labute approximate surface area is 122 Å². The quantitative estimate of drug-likeness (QED) is 0.877. The van der Waals surface area contributed by atoms with Crippen molar-refractivity contribution in [1.82, 2.24) is 20.1 Å². The predicted molar refractivity (Wildman–Crippen MR) is 79.6 cm³/mol. The number of aromatic nitrogens is 3. The van der Waals surface area contributed by atoms with Gasteiger partial charge in [-0.25, -0.2) is 4.98 Å². The zero-order valence-corrected chi connectivity index (χ0v) is 12.8. The average molecular weight is 293 g/mol. The second-order valence-electron chi connectivity index (χ2n) is 4.51. The van der Waals surface area contributed by atoms with E-state index in [0.29, 0.717) is 13.1 Å². The Hall–Kier alpha value is -1.73. The Kier molecular flexibility index (Phi) is 4.86. The van der Waals surface area contributed by atoms with E-state index in [1.54, 1.807) is 16.5 Å². The summed E-state index contributed by atoms with van der Waals surface area (Å²) in [4.78, 5) is 17.6. The molecule has 0 aliphatic carbocycles. The number of carbonyl (C=O) groups excluding carboxylic acids is 1. The lowest BCUT2D eigenvalue weighted by atomic mass is 10.3. The van der Waals surface area contributed by atoms with Crippen LogP contribution in [0.25, 0.3) is 0 Å². The molecule has 0 aliphatic heterocycles. The van der Waals surface area contributed by atoms with Gasteiger partial charge in [0.05, 0.1) is 11.9 Å². The first kappa shape index (κ1) is 14.7. The molecule has 108 valence electrons. The van der Waals surface area contributed by atoms with Crippen LogP contribution in [0.15, 0.2) is 17.8 Å². The number of carbonyl (C=O) groups is 1. The molecule has 2 heterocycles. The van der Waals surface area contributed by atoms with Crippen LogP contribution in [0.4, 0.5) is 5.13 Å². The van der Waals surface area contributed by atoms with Crippen LogP contribution in [0.1, 0.15) is 25.1 Å². The molecular weight excluding hydrogens is 274 g/mol. The van der Waals surface area contributed by atoms with Crippen molar-refractivity contribution in [3.8, 4) is 0 Å². The van der Waals surface area contributed by atoms with Gasteiger partial charge in [0.15, 0.2) is 5.13 Å². The van der Waals surface area contributed by atoms with Gasteiger partial charge in [-0.3, -0.25) is 14.4 Å². The molecule has 0 spiro atoms. The molecule has 2 rings (SSSR count). The number of rotatable bonds is 6. The van der Waals surface area contributed by atoms with Crippen LogP contribution in [0.2, 0.25) is 0 Å². The van der Waals surface area contributed by atoms with E-state index < -0.39 is 0 Å². The number of hydrogen-bond donors (Lipinski definition) is 1. The average Bonchev–Trinajstić information content (AvgIpc) is 3.00. The maximum Gasteiger partial charge on any atom is 0.225 e. The van der Waals surface area contributed by atoms with Crippen molar-refractivity contribution in [2.45, 2.75) is 26.9 Å². The van der Waals surface area contributed by atoms with Gasteiger partial charge in [0, 0.05) is 50.7 Å². The van der Waals surface area contributed by atoms with Crippen LogP contribution >= 0.6 is 11.3 Å². The van der Waals surface area contributed by atoms with Gasteiger partial charge in [-0.2, -0.15) is 5.10 Å². The fraction of sp³-hybridized carbons (Fsp3) is 0.462. The third-order valence-electron chi connectivity index (χ3n) is 2.86. The lowest BCUT2D eigenvalue weighted by Gasteiger charge is -2.14. The second-order valence-corrected chi connectivity index (χ2v) is 5.35. The fourth-order valence-electron chi connectivity index (χ4n) is 1.89. The number of aryl methyl sites for hydroxylation is 1. The molecule has 0 unspecified atom stereocenters. The summed E-state index contributed by atoms with van der Waals surface area (Å²) in [6.07, 6.45) is 3.82. The third kappa shape index (κ3) is 3.64. The predicted octanol–water partition coefficient (Wildman–Crippen LogP) is 1.54. The highest BCUT2D eigenvalue weighted by Gasteiger charge is 2.13. The number of nitrogens with one attached hydrogen (secondary N) is 1. The lowest BCUT2D eigenvalue weighted by molar-refractivity contribution is -0.116. The van der Waals surface area contributed by atoms with Crippen molar-refractivity contribution >= 4 is 22.4 Å². The Morgan fingerprint density at radius 3 is 2.90 bits per heavy atom. The molecule has 0 saturated carbocycles. The van der Waals surface area contributed by atoms with Crippen LogP contribution in [-0.4, -0.2) is 27.2 Å². The molecule has 0 aliphatic rings. The van der Waals surface area contributed by atoms with E-state index in [4.69, 9.17) is 0 Å². The molecule has 2 aromatic heterocycles. The molecule has 6 nitrogen and oxygen atoms in total. The first-order valence-electron chi connectivity index (χ1n) is 6.51. The van der Waals surface area contributed by atoms with Gasteiger partial charge < -0.3 is 5.32 Å². The summed E-state index contributed by atoms with van der Waals surface area (Å²) in [6.45, 7) is 5.59. The van der Waals surface area contributed by atoms with E-state index in [-0.39, 0.29) is 5.91 Å². The number of anilines is 1. The fourth-order valence-corrected chi connectivity index (χ4v) is 2.82. The summed E-state index contributed by atoms with van der Waals surface area (Å²) in [7, 11) is 1.90. The molecule has 0 radical (unpaired) electrons. The van der Waals surface area contributed by atoms with Crippen LogP contribution in [0.5, 0.6) is 0 Å². The molecule has 20 heavy (non-hydrogen) atoms. The van der Waals surface area contributed by atoms with Gasteiger partial charge >= 0.3 is 0 Å². The largest absolute Gasteiger partial charge is 0.307 e. The van der Waals surface area contributed by atoms with Gasteiger partial charge in [0.25, 0.3) is 0 Å².